The number of carbonyl (C=O) groups excluding carboxylic acids is 2. The van der Waals surface area contributed by atoms with E-state index in [1.807, 2.05) is 4.90 Å². The minimum atomic E-state index is -4.72. The van der Waals surface area contributed by atoms with E-state index in [0.29, 0.717) is 13.1 Å². The number of nitrogens with one attached hydrogen (secondary N) is 1. The quantitative estimate of drug-likeness (QED) is 0.545. The van der Waals surface area contributed by atoms with Crippen LogP contribution in [0.3, 0.4) is 0 Å². The zero-order chi connectivity index (χ0) is 27.0. The standard InChI is InChI=1S/C24H30F3N7O3/c1-23(2)13-37-7-6-34(23)21(36)14-8-15(24(25,26)27)10-17(9-14)31-20-18(19(29)35)11-30-22(32-20)33-5-3-4-16(28)12-33/h8-11,16H,3-7,12-13,28H2,1-2H3,(H2,29,35)(H,30,31,32)/t16-/m0/s1. The van der Waals surface area contributed by atoms with Gasteiger partial charge in [-0.15, -0.1) is 0 Å². The Morgan fingerprint density at radius 2 is 1.97 bits per heavy atom. The van der Waals surface area contributed by atoms with Crippen LogP contribution < -0.4 is 21.7 Å². The Hall–Kier alpha value is -3.45. The van der Waals surface area contributed by atoms with Gasteiger partial charge in [0.25, 0.3) is 11.8 Å². The fourth-order valence-corrected chi connectivity index (χ4v) is 4.51. The lowest BCUT2D eigenvalue weighted by molar-refractivity contribution is -0.137. The van der Waals surface area contributed by atoms with E-state index in [0.717, 1.165) is 25.0 Å². The highest BCUT2D eigenvalue weighted by molar-refractivity contribution is 5.99. The second-order valence-electron chi connectivity index (χ2n) is 9.89. The van der Waals surface area contributed by atoms with Crippen molar-refractivity contribution in [3.8, 4) is 0 Å². The van der Waals surface area contributed by atoms with Gasteiger partial charge in [0.15, 0.2) is 0 Å². The Kier molecular flexibility index (Phi) is 7.29. The Labute approximate surface area is 212 Å². The number of piperidine rings is 1. The van der Waals surface area contributed by atoms with Crippen LogP contribution in [0.15, 0.2) is 24.4 Å². The van der Waals surface area contributed by atoms with Crippen LogP contribution in [-0.4, -0.2) is 71.1 Å². The van der Waals surface area contributed by atoms with E-state index in [4.69, 9.17) is 16.2 Å². The summed E-state index contributed by atoms with van der Waals surface area (Å²) >= 11 is 0. The smallest absolute Gasteiger partial charge is 0.377 e. The monoisotopic (exact) mass is 521 g/mol. The Morgan fingerprint density at radius 1 is 1.22 bits per heavy atom. The lowest BCUT2D eigenvalue weighted by Gasteiger charge is -2.42. The molecule has 2 saturated heterocycles. The summed E-state index contributed by atoms with van der Waals surface area (Å²) < 4.78 is 46.8. The number of aromatic nitrogens is 2. The number of ether oxygens (including phenoxy) is 1. The zero-order valence-corrected chi connectivity index (χ0v) is 20.6. The number of nitrogens with zero attached hydrogens (tertiary/aromatic N) is 4. The molecule has 2 fully saturated rings. The lowest BCUT2D eigenvalue weighted by Crippen LogP contribution is -2.55. The molecule has 5 N–H and O–H groups in total. The Bertz CT molecular complexity index is 1190. The molecule has 2 aliphatic rings. The topological polar surface area (TPSA) is 140 Å². The number of primary amides is 1. The number of morpholine rings is 1. The predicted octanol–water partition coefficient (Wildman–Crippen LogP) is 2.52. The molecule has 0 aliphatic carbocycles. The molecule has 200 valence electrons. The summed E-state index contributed by atoms with van der Waals surface area (Å²) in [6, 6.07) is 2.89. The number of halogens is 3. The molecule has 37 heavy (non-hydrogen) atoms. The molecule has 1 aromatic carbocycles. The second-order valence-corrected chi connectivity index (χ2v) is 9.89. The SMILES string of the molecule is CC1(C)COCCN1C(=O)c1cc(Nc2nc(N3CCC[C@H](N)C3)ncc2C(N)=O)cc(C(F)(F)F)c1. The highest BCUT2D eigenvalue weighted by Crippen LogP contribution is 2.34. The van der Waals surface area contributed by atoms with Crippen LogP contribution in [0.1, 0.15) is 53.0 Å². The normalized spacial score (nSPS) is 20.0. The van der Waals surface area contributed by atoms with Crippen LogP contribution in [0.2, 0.25) is 0 Å². The van der Waals surface area contributed by atoms with Gasteiger partial charge in [-0.05, 0) is 44.9 Å². The van der Waals surface area contributed by atoms with Crippen molar-refractivity contribution in [2.24, 2.45) is 11.5 Å². The molecule has 2 aliphatic heterocycles. The maximum absolute atomic E-state index is 13.8. The van der Waals surface area contributed by atoms with Gasteiger partial charge in [-0.2, -0.15) is 18.2 Å². The molecule has 3 heterocycles. The third-order valence-electron chi connectivity index (χ3n) is 6.44. The van der Waals surface area contributed by atoms with E-state index in [-0.39, 0.29) is 54.4 Å². The number of alkyl halides is 3. The van der Waals surface area contributed by atoms with Crippen LogP contribution in [0.25, 0.3) is 0 Å². The maximum atomic E-state index is 13.8. The van der Waals surface area contributed by atoms with Crippen molar-refractivity contribution in [3.63, 3.8) is 0 Å². The summed E-state index contributed by atoms with van der Waals surface area (Å²) in [5, 5.41) is 2.77. The maximum Gasteiger partial charge on any atom is 0.416 e. The molecule has 10 nitrogen and oxygen atoms in total. The van der Waals surface area contributed by atoms with Gasteiger partial charge in [-0.3, -0.25) is 9.59 Å². The zero-order valence-electron chi connectivity index (χ0n) is 20.6. The molecular weight excluding hydrogens is 491 g/mol. The van der Waals surface area contributed by atoms with Gasteiger partial charge in [0.1, 0.15) is 11.4 Å². The average molecular weight is 522 g/mol. The summed E-state index contributed by atoms with van der Waals surface area (Å²) in [6.07, 6.45) is -1.83. The first kappa shape index (κ1) is 26.6. The molecule has 2 aromatic rings. The molecular formula is C24H30F3N7O3. The van der Waals surface area contributed by atoms with Gasteiger partial charge < -0.3 is 31.3 Å². The van der Waals surface area contributed by atoms with Gasteiger partial charge in [0.2, 0.25) is 5.95 Å². The van der Waals surface area contributed by atoms with E-state index < -0.39 is 29.1 Å². The minimum absolute atomic E-state index is 0.0685. The molecule has 0 spiro atoms. The van der Waals surface area contributed by atoms with E-state index in [2.05, 4.69) is 15.3 Å². The molecule has 0 unspecified atom stereocenters. The van der Waals surface area contributed by atoms with Gasteiger partial charge in [0.05, 0.1) is 24.3 Å². The van der Waals surface area contributed by atoms with Gasteiger partial charge >= 0.3 is 6.18 Å². The number of amides is 2. The largest absolute Gasteiger partial charge is 0.416 e. The summed E-state index contributed by atoms with van der Waals surface area (Å²) in [7, 11) is 0. The minimum Gasteiger partial charge on any atom is -0.377 e. The summed E-state index contributed by atoms with van der Waals surface area (Å²) in [5.41, 5.74) is 9.45. The van der Waals surface area contributed by atoms with Crippen molar-refractivity contribution in [1.82, 2.24) is 14.9 Å². The van der Waals surface area contributed by atoms with E-state index in [9.17, 15) is 22.8 Å². The lowest BCUT2D eigenvalue weighted by atomic mass is 9.99. The van der Waals surface area contributed by atoms with Crippen molar-refractivity contribution >= 4 is 29.3 Å². The van der Waals surface area contributed by atoms with Gasteiger partial charge in [0, 0.05) is 43.1 Å². The summed E-state index contributed by atoms with van der Waals surface area (Å²) in [6.45, 7) is 5.48. The van der Waals surface area contributed by atoms with Crippen LogP contribution >= 0.6 is 0 Å². The fraction of sp³-hybridized carbons (Fsp3) is 0.500. The molecule has 0 bridgehead atoms. The molecule has 1 aromatic heterocycles. The third-order valence-corrected chi connectivity index (χ3v) is 6.44. The fourth-order valence-electron chi connectivity index (χ4n) is 4.51. The molecule has 0 saturated carbocycles. The molecule has 2 amide bonds. The van der Waals surface area contributed by atoms with Crippen LogP contribution in [0, 0.1) is 0 Å². The first-order valence-corrected chi connectivity index (χ1v) is 11.9. The van der Waals surface area contributed by atoms with Crippen molar-refractivity contribution in [2.45, 2.75) is 44.4 Å². The number of hydrogen-bond donors (Lipinski definition) is 3. The molecule has 4 rings (SSSR count). The van der Waals surface area contributed by atoms with E-state index in [1.54, 1.807) is 13.8 Å². The number of rotatable bonds is 5. The first-order valence-electron chi connectivity index (χ1n) is 11.9. The van der Waals surface area contributed by atoms with E-state index >= 15 is 0 Å². The number of hydrogen-bond acceptors (Lipinski definition) is 8. The number of nitrogens with two attached hydrogens (primary N) is 2. The van der Waals surface area contributed by atoms with Crippen LogP contribution in [-0.2, 0) is 10.9 Å². The average Bonchev–Trinajstić information content (AvgIpc) is 2.82. The second kappa shape index (κ2) is 10.1. The molecule has 1 atom stereocenters. The van der Waals surface area contributed by atoms with Crippen molar-refractivity contribution in [3.05, 3.63) is 41.1 Å². The van der Waals surface area contributed by atoms with Crippen molar-refractivity contribution < 1.29 is 27.5 Å². The Morgan fingerprint density at radius 3 is 2.62 bits per heavy atom. The highest BCUT2D eigenvalue weighted by atomic mass is 19.4. The molecule has 0 radical (unpaired) electrons. The van der Waals surface area contributed by atoms with E-state index in [1.165, 1.54) is 17.2 Å². The van der Waals surface area contributed by atoms with Gasteiger partial charge in [-0.25, -0.2) is 4.98 Å². The highest BCUT2D eigenvalue weighted by Gasteiger charge is 2.37. The summed E-state index contributed by atoms with van der Waals surface area (Å²) in [4.78, 5) is 37.3. The van der Waals surface area contributed by atoms with Crippen LogP contribution in [0.4, 0.5) is 30.6 Å². The van der Waals surface area contributed by atoms with Crippen LogP contribution in [0.5, 0.6) is 0 Å². The Balaban J connectivity index is 1.73. The van der Waals surface area contributed by atoms with Crippen molar-refractivity contribution in [2.75, 3.05) is 43.1 Å². The van der Waals surface area contributed by atoms with Crippen molar-refractivity contribution in [1.29, 1.82) is 0 Å². The summed E-state index contributed by atoms with van der Waals surface area (Å²) in [5.74, 6) is -1.23. The predicted molar refractivity (Wildman–Crippen MR) is 131 cm³/mol. The third kappa shape index (κ3) is 5.93. The van der Waals surface area contributed by atoms with Gasteiger partial charge in [-0.1, -0.05) is 0 Å². The first-order chi connectivity index (χ1) is 17.3. The number of benzene rings is 1. The number of carbonyl (C=O) groups is 2. The number of anilines is 3. The molecule has 13 heteroatoms.